The zero-order chi connectivity index (χ0) is 13.0. The summed E-state index contributed by atoms with van der Waals surface area (Å²) in [4.78, 5) is 0. The molecule has 2 N–H and O–H groups in total. The number of aromatic nitrogens is 1. The van der Waals surface area contributed by atoms with Crippen LogP contribution in [0.4, 0.5) is 5.88 Å². The first-order chi connectivity index (χ1) is 8.72. The number of unbranched alkanes of at least 4 members (excludes halogenated alkanes) is 2. The fourth-order valence-corrected chi connectivity index (χ4v) is 2.16. The number of benzene rings is 1. The molecule has 1 heterocycles. The minimum absolute atomic E-state index is 0.423. The molecule has 0 aliphatic carbocycles. The molecule has 96 valence electrons. The van der Waals surface area contributed by atoms with Crippen molar-refractivity contribution in [2.75, 3.05) is 5.73 Å². The number of aryl methyl sites for hydroxylation is 2. The standard InChI is InChI=1S/C15H20N2O/c1-3-4-5-9-13-14(15(16)18-17-13)12-8-6-7-11(2)10-12/h6-8,10H,3-5,9,16H2,1-2H3. The van der Waals surface area contributed by atoms with E-state index in [1.165, 1.54) is 18.4 Å². The summed E-state index contributed by atoms with van der Waals surface area (Å²) in [5.74, 6) is 0.423. The van der Waals surface area contributed by atoms with Crippen molar-refractivity contribution in [1.82, 2.24) is 5.16 Å². The molecule has 2 aromatic rings. The summed E-state index contributed by atoms with van der Waals surface area (Å²) in [5, 5.41) is 4.09. The third kappa shape index (κ3) is 2.73. The third-order valence-corrected chi connectivity index (χ3v) is 3.11. The summed E-state index contributed by atoms with van der Waals surface area (Å²) in [5.41, 5.74) is 10.2. The minimum atomic E-state index is 0.423. The molecular weight excluding hydrogens is 224 g/mol. The molecule has 0 unspecified atom stereocenters. The zero-order valence-corrected chi connectivity index (χ0v) is 11.1. The summed E-state index contributed by atoms with van der Waals surface area (Å²) in [6.45, 7) is 4.27. The van der Waals surface area contributed by atoms with E-state index < -0.39 is 0 Å². The maximum atomic E-state index is 5.90. The first-order valence-corrected chi connectivity index (χ1v) is 6.53. The quantitative estimate of drug-likeness (QED) is 0.810. The average Bonchev–Trinajstić information content (AvgIpc) is 2.71. The largest absolute Gasteiger partial charge is 0.367 e. The molecule has 1 aromatic heterocycles. The summed E-state index contributed by atoms with van der Waals surface area (Å²) in [6, 6.07) is 8.28. The van der Waals surface area contributed by atoms with E-state index in [-0.39, 0.29) is 0 Å². The van der Waals surface area contributed by atoms with Crippen molar-refractivity contribution in [3.05, 3.63) is 35.5 Å². The van der Waals surface area contributed by atoms with Gasteiger partial charge in [0.2, 0.25) is 5.88 Å². The summed E-state index contributed by atoms with van der Waals surface area (Å²) >= 11 is 0. The molecule has 0 bridgehead atoms. The Morgan fingerprint density at radius 2 is 2.11 bits per heavy atom. The molecule has 3 nitrogen and oxygen atoms in total. The Bertz CT molecular complexity index is 517. The monoisotopic (exact) mass is 244 g/mol. The first kappa shape index (κ1) is 12.7. The van der Waals surface area contributed by atoms with Crippen molar-refractivity contribution in [1.29, 1.82) is 0 Å². The number of hydrogen-bond acceptors (Lipinski definition) is 3. The van der Waals surface area contributed by atoms with Crippen LogP contribution in [0, 0.1) is 6.92 Å². The van der Waals surface area contributed by atoms with E-state index in [1.807, 2.05) is 6.07 Å². The molecule has 0 aliphatic heterocycles. The summed E-state index contributed by atoms with van der Waals surface area (Å²) in [7, 11) is 0. The van der Waals surface area contributed by atoms with Gasteiger partial charge in [-0.05, 0) is 25.3 Å². The Morgan fingerprint density at radius 1 is 1.28 bits per heavy atom. The van der Waals surface area contributed by atoms with Crippen molar-refractivity contribution < 1.29 is 4.52 Å². The van der Waals surface area contributed by atoms with Crippen LogP contribution in [0.2, 0.25) is 0 Å². The van der Waals surface area contributed by atoms with E-state index in [1.54, 1.807) is 0 Å². The number of nitrogen functional groups attached to an aromatic ring is 1. The van der Waals surface area contributed by atoms with Crippen molar-refractivity contribution in [2.24, 2.45) is 0 Å². The lowest BCUT2D eigenvalue weighted by atomic mass is 10.0. The highest BCUT2D eigenvalue weighted by molar-refractivity contribution is 5.75. The molecule has 0 radical (unpaired) electrons. The molecule has 0 spiro atoms. The van der Waals surface area contributed by atoms with Crippen LogP contribution < -0.4 is 5.73 Å². The maximum absolute atomic E-state index is 5.90. The van der Waals surface area contributed by atoms with Gasteiger partial charge in [-0.15, -0.1) is 0 Å². The van der Waals surface area contributed by atoms with Gasteiger partial charge in [0.05, 0.1) is 11.3 Å². The van der Waals surface area contributed by atoms with Gasteiger partial charge in [-0.2, -0.15) is 0 Å². The van der Waals surface area contributed by atoms with Gasteiger partial charge in [-0.25, -0.2) is 0 Å². The number of nitrogens with zero attached hydrogens (tertiary/aromatic N) is 1. The van der Waals surface area contributed by atoms with E-state index in [4.69, 9.17) is 10.3 Å². The molecule has 3 heteroatoms. The Morgan fingerprint density at radius 3 is 2.83 bits per heavy atom. The maximum Gasteiger partial charge on any atom is 0.230 e. The Balaban J connectivity index is 2.29. The van der Waals surface area contributed by atoms with Crippen LogP contribution in [0.3, 0.4) is 0 Å². The van der Waals surface area contributed by atoms with Gasteiger partial charge in [0.1, 0.15) is 0 Å². The van der Waals surface area contributed by atoms with E-state index in [9.17, 15) is 0 Å². The van der Waals surface area contributed by atoms with Crippen LogP contribution in [0.5, 0.6) is 0 Å². The topological polar surface area (TPSA) is 52.0 Å². The lowest BCUT2D eigenvalue weighted by Gasteiger charge is -2.03. The molecule has 2 rings (SSSR count). The lowest BCUT2D eigenvalue weighted by Crippen LogP contribution is -1.92. The minimum Gasteiger partial charge on any atom is -0.367 e. The highest BCUT2D eigenvalue weighted by Crippen LogP contribution is 2.31. The number of nitrogens with two attached hydrogens (primary N) is 1. The molecule has 0 aliphatic rings. The van der Waals surface area contributed by atoms with Crippen LogP contribution in [0.25, 0.3) is 11.1 Å². The average molecular weight is 244 g/mol. The normalized spacial score (nSPS) is 10.8. The predicted molar refractivity (Wildman–Crippen MR) is 74.3 cm³/mol. The molecule has 0 saturated carbocycles. The zero-order valence-electron chi connectivity index (χ0n) is 11.1. The van der Waals surface area contributed by atoms with Gasteiger partial charge in [0.15, 0.2) is 0 Å². The van der Waals surface area contributed by atoms with Crippen LogP contribution in [-0.2, 0) is 6.42 Å². The Hall–Kier alpha value is -1.77. The second-order valence-electron chi connectivity index (χ2n) is 4.70. The third-order valence-electron chi connectivity index (χ3n) is 3.11. The van der Waals surface area contributed by atoms with Crippen LogP contribution in [0.1, 0.15) is 37.4 Å². The Labute approximate surface area is 108 Å². The number of rotatable bonds is 5. The predicted octanol–water partition coefficient (Wildman–Crippen LogP) is 3.96. The van der Waals surface area contributed by atoms with Gasteiger partial charge in [0, 0.05) is 0 Å². The molecular formula is C15H20N2O. The van der Waals surface area contributed by atoms with Crippen LogP contribution >= 0.6 is 0 Å². The van der Waals surface area contributed by atoms with Gasteiger partial charge in [-0.3, -0.25) is 0 Å². The second kappa shape index (κ2) is 5.71. The van der Waals surface area contributed by atoms with Gasteiger partial charge in [0.25, 0.3) is 0 Å². The number of anilines is 1. The summed E-state index contributed by atoms with van der Waals surface area (Å²) < 4.78 is 5.15. The van der Waals surface area contributed by atoms with Gasteiger partial charge < -0.3 is 10.3 Å². The van der Waals surface area contributed by atoms with Crippen molar-refractivity contribution in [2.45, 2.75) is 39.5 Å². The van der Waals surface area contributed by atoms with Gasteiger partial charge >= 0.3 is 0 Å². The SMILES string of the molecule is CCCCCc1noc(N)c1-c1cccc(C)c1. The molecule has 18 heavy (non-hydrogen) atoms. The smallest absolute Gasteiger partial charge is 0.230 e. The van der Waals surface area contributed by atoms with Crippen molar-refractivity contribution in [3.63, 3.8) is 0 Å². The van der Waals surface area contributed by atoms with E-state index in [2.05, 4.69) is 37.2 Å². The highest BCUT2D eigenvalue weighted by Gasteiger charge is 2.15. The fourth-order valence-electron chi connectivity index (χ4n) is 2.16. The van der Waals surface area contributed by atoms with Crippen molar-refractivity contribution >= 4 is 5.88 Å². The fraction of sp³-hybridized carbons (Fsp3) is 0.400. The van der Waals surface area contributed by atoms with Crippen LogP contribution in [0.15, 0.2) is 28.8 Å². The van der Waals surface area contributed by atoms with E-state index in [0.29, 0.717) is 5.88 Å². The summed E-state index contributed by atoms with van der Waals surface area (Å²) in [6.07, 6.45) is 4.46. The van der Waals surface area contributed by atoms with Crippen molar-refractivity contribution in [3.8, 4) is 11.1 Å². The lowest BCUT2D eigenvalue weighted by molar-refractivity contribution is 0.426. The molecule has 0 amide bonds. The Kier molecular flexibility index (Phi) is 4.03. The molecule has 0 atom stereocenters. The van der Waals surface area contributed by atoms with Gasteiger partial charge in [-0.1, -0.05) is 54.8 Å². The molecule has 0 saturated heterocycles. The van der Waals surface area contributed by atoms with E-state index >= 15 is 0 Å². The second-order valence-corrected chi connectivity index (χ2v) is 4.70. The number of hydrogen-bond donors (Lipinski definition) is 1. The molecule has 0 fully saturated rings. The van der Waals surface area contributed by atoms with E-state index in [0.717, 1.165) is 29.7 Å². The highest BCUT2D eigenvalue weighted by atomic mass is 16.5. The molecule has 1 aromatic carbocycles. The van der Waals surface area contributed by atoms with Crippen LogP contribution in [-0.4, -0.2) is 5.16 Å². The first-order valence-electron chi connectivity index (χ1n) is 6.53.